The van der Waals surface area contributed by atoms with Gasteiger partial charge in [0.2, 0.25) is 0 Å². The Morgan fingerprint density at radius 2 is 0.922 bits per heavy atom. The van der Waals surface area contributed by atoms with Gasteiger partial charge in [-0.05, 0) is 130 Å². The first-order valence-electron chi connectivity index (χ1n) is 17.5. The highest BCUT2D eigenvalue weighted by Crippen LogP contribution is 2.58. The van der Waals surface area contributed by atoms with Crippen molar-refractivity contribution in [2.75, 3.05) is 0 Å². The van der Waals surface area contributed by atoms with Crippen LogP contribution in [-0.2, 0) is 0 Å². The maximum absolute atomic E-state index is 9.27. The molecule has 0 N–H and O–H groups in total. The molecule has 9 aromatic carbocycles. The first-order valence-corrected chi connectivity index (χ1v) is 17.5. The molecular weight excluding hydrogens is 615 g/mol. The summed E-state index contributed by atoms with van der Waals surface area (Å²) >= 11 is 0. The lowest BCUT2D eigenvalue weighted by atomic mass is 9.82. The molecule has 0 heterocycles. The van der Waals surface area contributed by atoms with Crippen LogP contribution in [0.3, 0.4) is 0 Å². The average Bonchev–Trinajstić information content (AvgIpc) is 3.52. The van der Waals surface area contributed by atoms with E-state index < -0.39 is 0 Å². The molecule has 9 aromatic rings. The number of hydrogen-bond acceptors (Lipinski definition) is 1. The van der Waals surface area contributed by atoms with Crippen LogP contribution in [0.5, 0.6) is 0 Å². The lowest BCUT2D eigenvalue weighted by Gasteiger charge is -2.20. The Balaban J connectivity index is 1.21. The van der Waals surface area contributed by atoms with Crippen LogP contribution >= 0.6 is 0 Å². The van der Waals surface area contributed by atoms with E-state index in [1.165, 1.54) is 99.1 Å². The van der Waals surface area contributed by atoms with Gasteiger partial charge in [-0.3, -0.25) is 0 Å². The summed E-state index contributed by atoms with van der Waals surface area (Å²) in [5.41, 5.74) is 17.0. The second kappa shape index (κ2) is 11.4. The zero-order chi connectivity index (χ0) is 34.1. The number of fused-ring (bicyclic) bond motifs is 5. The van der Waals surface area contributed by atoms with Crippen LogP contribution in [0.15, 0.2) is 170 Å². The highest BCUT2D eigenvalue weighted by molar-refractivity contribution is 6.28. The molecule has 236 valence electrons. The Morgan fingerprint density at radius 1 is 0.373 bits per heavy atom. The van der Waals surface area contributed by atoms with E-state index in [1.54, 1.807) is 0 Å². The van der Waals surface area contributed by atoms with E-state index in [2.05, 4.69) is 159 Å². The highest BCUT2D eigenvalue weighted by Gasteiger charge is 2.31. The van der Waals surface area contributed by atoms with Crippen LogP contribution in [0.1, 0.15) is 11.1 Å². The summed E-state index contributed by atoms with van der Waals surface area (Å²) in [5, 5.41) is 16.9. The SMILES string of the molecule is Cc1c(-c2ccc(C#N)cc2)ccc2cc(-c3ccc4c5c(cccc35)-c3c-4c(-c4ccccc4)c4ccccc4c3-c3ccccc3)ccc12. The van der Waals surface area contributed by atoms with E-state index in [0.717, 1.165) is 5.56 Å². The molecule has 51 heavy (non-hydrogen) atoms. The molecular formula is C50H31N. The van der Waals surface area contributed by atoms with Crippen molar-refractivity contribution in [3.63, 3.8) is 0 Å². The van der Waals surface area contributed by atoms with Gasteiger partial charge >= 0.3 is 0 Å². The van der Waals surface area contributed by atoms with Crippen molar-refractivity contribution in [1.29, 1.82) is 5.26 Å². The molecule has 0 atom stereocenters. The number of nitriles is 1. The molecule has 1 aliphatic rings. The summed E-state index contributed by atoms with van der Waals surface area (Å²) in [6.07, 6.45) is 0. The van der Waals surface area contributed by atoms with E-state index in [4.69, 9.17) is 0 Å². The Morgan fingerprint density at radius 3 is 1.57 bits per heavy atom. The van der Waals surface area contributed by atoms with Crippen molar-refractivity contribution < 1.29 is 0 Å². The number of rotatable bonds is 4. The predicted molar refractivity (Wildman–Crippen MR) is 215 cm³/mol. The Hall–Kier alpha value is -6.75. The maximum Gasteiger partial charge on any atom is 0.0991 e. The van der Waals surface area contributed by atoms with Crippen molar-refractivity contribution in [1.82, 2.24) is 0 Å². The second-order valence-corrected chi connectivity index (χ2v) is 13.5. The highest BCUT2D eigenvalue weighted by atomic mass is 14.3. The number of benzene rings is 9. The molecule has 1 aliphatic carbocycles. The van der Waals surface area contributed by atoms with Gasteiger partial charge in [0.05, 0.1) is 11.6 Å². The lowest BCUT2D eigenvalue weighted by Crippen LogP contribution is -1.93. The fourth-order valence-corrected chi connectivity index (χ4v) is 8.55. The fourth-order valence-electron chi connectivity index (χ4n) is 8.55. The smallest absolute Gasteiger partial charge is 0.0991 e. The molecule has 0 saturated heterocycles. The van der Waals surface area contributed by atoms with Crippen molar-refractivity contribution in [2.24, 2.45) is 0 Å². The molecule has 0 aromatic heterocycles. The third kappa shape index (κ3) is 4.41. The molecule has 0 fully saturated rings. The summed E-state index contributed by atoms with van der Waals surface area (Å²) in [4.78, 5) is 0. The van der Waals surface area contributed by atoms with Gasteiger partial charge in [-0.2, -0.15) is 5.26 Å². The molecule has 10 rings (SSSR count). The average molecular weight is 646 g/mol. The van der Waals surface area contributed by atoms with Crippen molar-refractivity contribution in [3.05, 3.63) is 181 Å². The quantitative estimate of drug-likeness (QED) is 0.187. The number of nitrogens with zero attached hydrogens (tertiary/aromatic N) is 1. The lowest BCUT2D eigenvalue weighted by molar-refractivity contribution is 1.47. The second-order valence-electron chi connectivity index (χ2n) is 13.5. The predicted octanol–water partition coefficient (Wildman–Crippen LogP) is 13.6. The fraction of sp³-hybridized carbons (Fsp3) is 0.0200. The van der Waals surface area contributed by atoms with E-state index in [-0.39, 0.29) is 0 Å². The van der Waals surface area contributed by atoms with Crippen molar-refractivity contribution in [3.8, 4) is 72.8 Å². The molecule has 0 spiro atoms. The van der Waals surface area contributed by atoms with Crippen LogP contribution in [0, 0.1) is 18.3 Å². The molecule has 1 nitrogen and oxygen atoms in total. The van der Waals surface area contributed by atoms with Crippen LogP contribution in [0.2, 0.25) is 0 Å². The summed E-state index contributed by atoms with van der Waals surface area (Å²) in [5.74, 6) is 0. The first kappa shape index (κ1) is 29.2. The maximum atomic E-state index is 9.27. The van der Waals surface area contributed by atoms with E-state index >= 15 is 0 Å². The van der Waals surface area contributed by atoms with Crippen molar-refractivity contribution >= 4 is 32.3 Å². The Labute approximate surface area is 297 Å². The van der Waals surface area contributed by atoms with Gasteiger partial charge in [0.15, 0.2) is 0 Å². The van der Waals surface area contributed by atoms with Gasteiger partial charge in [-0.15, -0.1) is 0 Å². The van der Waals surface area contributed by atoms with Gasteiger partial charge in [-0.1, -0.05) is 152 Å². The molecule has 0 saturated carbocycles. The minimum absolute atomic E-state index is 0.677. The standard InChI is InChI=1S/C50H31N/c1-31-38(33-21-19-32(30-51)20-22-33)25-23-36-29-37(24-26-39(31)36)40-27-28-45-48-41(40)17-10-18-44(48)49-46(34-11-4-2-5-12-34)42-15-8-9-16-43(42)47(50(45)49)35-13-6-3-7-14-35/h2-29H,1H3. The molecule has 0 radical (unpaired) electrons. The minimum Gasteiger partial charge on any atom is -0.192 e. The summed E-state index contributed by atoms with van der Waals surface area (Å²) < 4.78 is 0. The molecule has 0 amide bonds. The summed E-state index contributed by atoms with van der Waals surface area (Å²) in [6, 6.07) is 63.8. The third-order valence-corrected chi connectivity index (χ3v) is 10.8. The van der Waals surface area contributed by atoms with Crippen LogP contribution < -0.4 is 0 Å². The van der Waals surface area contributed by atoms with Gasteiger partial charge in [-0.25, -0.2) is 0 Å². The zero-order valence-corrected chi connectivity index (χ0v) is 28.1. The zero-order valence-electron chi connectivity index (χ0n) is 28.1. The third-order valence-electron chi connectivity index (χ3n) is 10.8. The van der Waals surface area contributed by atoms with Gasteiger partial charge in [0, 0.05) is 0 Å². The van der Waals surface area contributed by atoms with E-state index in [9.17, 15) is 5.26 Å². The van der Waals surface area contributed by atoms with Crippen LogP contribution in [0.25, 0.3) is 99.1 Å². The van der Waals surface area contributed by atoms with Gasteiger partial charge in [0.1, 0.15) is 0 Å². The van der Waals surface area contributed by atoms with Gasteiger partial charge in [0.25, 0.3) is 0 Å². The molecule has 0 unspecified atom stereocenters. The normalized spacial score (nSPS) is 11.6. The topological polar surface area (TPSA) is 23.8 Å². The summed E-state index contributed by atoms with van der Waals surface area (Å²) in [6.45, 7) is 2.20. The number of aryl methyl sites for hydroxylation is 1. The van der Waals surface area contributed by atoms with Gasteiger partial charge < -0.3 is 0 Å². The first-order chi connectivity index (χ1) is 25.2. The largest absolute Gasteiger partial charge is 0.192 e. The van der Waals surface area contributed by atoms with E-state index in [0.29, 0.717) is 5.56 Å². The Kier molecular flexibility index (Phi) is 6.53. The molecule has 1 heteroatoms. The Bertz CT molecular complexity index is 2800. The minimum atomic E-state index is 0.677. The van der Waals surface area contributed by atoms with Crippen molar-refractivity contribution in [2.45, 2.75) is 6.92 Å². The van der Waals surface area contributed by atoms with E-state index in [1.807, 2.05) is 24.3 Å². The van der Waals surface area contributed by atoms with Crippen LogP contribution in [0.4, 0.5) is 0 Å². The summed E-state index contributed by atoms with van der Waals surface area (Å²) in [7, 11) is 0. The monoisotopic (exact) mass is 645 g/mol. The number of hydrogen-bond donors (Lipinski definition) is 0. The molecule has 0 aliphatic heterocycles. The molecule has 0 bridgehead atoms. The van der Waals surface area contributed by atoms with Crippen LogP contribution in [-0.4, -0.2) is 0 Å².